The Morgan fingerprint density at radius 2 is 1.32 bits per heavy atom. The first-order chi connectivity index (χ1) is 9.20. The van der Waals surface area contributed by atoms with E-state index in [1.54, 1.807) is 0 Å². The largest absolute Gasteiger partial charge is 0.392 e. The predicted molar refractivity (Wildman–Crippen MR) is 85.6 cm³/mol. The minimum atomic E-state index is -0.123. The third-order valence-corrected chi connectivity index (χ3v) is 3.81. The molecule has 0 aliphatic heterocycles. The Kier molecular flexibility index (Phi) is 14.3. The van der Waals surface area contributed by atoms with Crippen LogP contribution in [0.2, 0.25) is 0 Å². The topological polar surface area (TPSA) is 23.5 Å². The molecule has 0 fully saturated rings. The number of unbranched alkanes of at least 4 members (excludes halogenated alkanes) is 8. The van der Waals surface area contributed by atoms with Gasteiger partial charge in [0.25, 0.3) is 0 Å². The summed E-state index contributed by atoms with van der Waals surface area (Å²) in [6.07, 6.45) is 14.0. The molecule has 0 aromatic heterocycles. The second-order valence-electron chi connectivity index (χ2n) is 6.03. The number of nitrogens with zero attached hydrogens (tertiary/aromatic N) is 1. The van der Waals surface area contributed by atoms with Crippen molar-refractivity contribution in [1.82, 2.24) is 4.90 Å². The van der Waals surface area contributed by atoms with Crippen LogP contribution in [0, 0.1) is 0 Å². The van der Waals surface area contributed by atoms with Crippen molar-refractivity contribution in [3.05, 3.63) is 0 Å². The van der Waals surface area contributed by atoms with Crippen molar-refractivity contribution in [2.75, 3.05) is 20.1 Å². The number of likely N-dealkylation sites (N-methyl/N-ethyl adjacent to an activating group) is 1. The Morgan fingerprint density at radius 1 is 0.789 bits per heavy atom. The van der Waals surface area contributed by atoms with E-state index in [0.717, 1.165) is 19.5 Å². The van der Waals surface area contributed by atoms with Crippen molar-refractivity contribution in [2.45, 2.75) is 90.6 Å². The number of rotatable bonds is 14. The maximum absolute atomic E-state index is 9.98. The molecule has 1 N–H and O–H groups in total. The lowest BCUT2D eigenvalue weighted by Gasteiger charge is -2.20. The van der Waals surface area contributed by atoms with Gasteiger partial charge in [-0.2, -0.15) is 0 Å². The number of aliphatic hydroxyl groups excluding tert-OH is 1. The number of hydrogen-bond acceptors (Lipinski definition) is 2. The zero-order valence-corrected chi connectivity index (χ0v) is 13.7. The van der Waals surface area contributed by atoms with Crippen molar-refractivity contribution >= 4 is 0 Å². The SMILES string of the molecule is CCCCCCCCCC(O)CN(C)CCCCC. The van der Waals surface area contributed by atoms with Gasteiger partial charge in [0.1, 0.15) is 0 Å². The van der Waals surface area contributed by atoms with Gasteiger partial charge in [-0.1, -0.05) is 71.6 Å². The molecule has 0 saturated carbocycles. The molecule has 0 rings (SSSR count). The van der Waals surface area contributed by atoms with Crippen LogP contribution in [0.5, 0.6) is 0 Å². The van der Waals surface area contributed by atoms with Crippen LogP contribution in [-0.4, -0.2) is 36.2 Å². The van der Waals surface area contributed by atoms with E-state index in [1.165, 1.54) is 64.2 Å². The summed E-state index contributed by atoms with van der Waals surface area (Å²) in [5.74, 6) is 0. The first-order valence-electron chi connectivity index (χ1n) is 8.57. The molecule has 116 valence electrons. The summed E-state index contributed by atoms with van der Waals surface area (Å²) < 4.78 is 0. The maximum Gasteiger partial charge on any atom is 0.0667 e. The van der Waals surface area contributed by atoms with Crippen molar-refractivity contribution in [3.63, 3.8) is 0 Å². The Balaban J connectivity index is 3.30. The fraction of sp³-hybridized carbons (Fsp3) is 1.00. The third-order valence-electron chi connectivity index (χ3n) is 3.81. The zero-order chi connectivity index (χ0) is 14.3. The van der Waals surface area contributed by atoms with Crippen LogP contribution in [0.3, 0.4) is 0 Å². The van der Waals surface area contributed by atoms with Crippen molar-refractivity contribution in [2.24, 2.45) is 0 Å². The van der Waals surface area contributed by atoms with E-state index in [9.17, 15) is 5.11 Å². The van der Waals surface area contributed by atoms with Crippen LogP contribution in [0.25, 0.3) is 0 Å². The summed E-state index contributed by atoms with van der Waals surface area (Å²) in [7, 11) is 2.13. The van der Waals surface area contributed by atoms with Gasteiger partial charge < -0.3 is 10.0 Å². The number of hydrogen-bond donors (Lipinski definition) is 1. The highest BCUT2D eigenvalue weighted by Crippen LogP contribution is 2.10. The molecule has 0 amide bonds. The second kappa shape index (κ2) is 14.3. The Labute approximate surface area is 121 Å². The van der Waals surface area contributed by atoms with Crippen LogP contribution >= 0.6 is 0 Å². The summed E-state index contributed by atoms with van der Waals surface area (Å²) in [5, 5.41) is 9.98. The fourth-order valence-electron chi connectivity index (χ4n) is 2.51. The molecule has 0 radical (unpaired) electrons. The molecule has 0 aliphatic rings. The van der Waals surface area contributed by atoms with E-state index < -0.39 is 0 Å². The molecule has 0 aromatic rings. The minimum Gasteiger partial charge on any atom is -0.392 e. The van der Waals surface area contributed by atoms with Gasteiger partial charge in [-0.15, -0.1) is 0 Å². The molecule has 19 heavy (non-hydrogen) atoms. The van der Waals surface area contributed by atoms with Gasteiger partial charge in [-0.25, -0.2) is 0 Å². The van der Waals surface area contributed by atoms with E-state index >= 15 is 0 Å². The average Bonchev–Trinajstić information content (AvgIpc) is 2.38. The fourth-order valence-corrected chi connectivity index (χ4v) is 2.51. The van der Waals surface area contributed by atoms with Crippen molar-refractivity contribution in [1.29, 1.82) is 0 Å². The van der Waals surface area contributed by atoms with E-state index in [0.29, 0.717) is 0 Å². The molecule has 0 saturated heterocycles. The summed E-state index contributed by atoms with van der Waals surface area (Å²) >= 11 is 0. The van der Waals surface area contributed by atoms with Gasteiger partial charge >= 0.3 is 0 Å². The smallest absolute Gasteiger partial charge is 0.0667 e. The highest BCUT2D eigenvalue weighted by molar-refractivity contribution is 4.62. The molecule has 1 unspecified atom stereocenters. The highest BCUT2D eigenvalue weighted by Gasteiger charge is 2.07. The minimum absolute atomic E-state index is 0.123. The Bertz CT molecular complexity index is 173. The van der Waals surface area contributed by atoms with Crippen LogP contribution in [0.1, 0.15) is 84.5 Å². The third kappa shape index (κ3) is 14.1. The summed E-state index contributed by atoms with van der Waals surface area (Å²) in [6.45, 7) is 6.46. The van der Waals surface area contributed by atoms with Crippen LogP contribution < -0.4 is 0 Å². The molecule has 0 aromatic carbocycles. The second-order valence-corrected chi connectivity index (χ2v) is 6.03. The molecule has 2 heteroatoms. The summed E-state index contributed by atoms with van der Waals surface area (Å²) in [6, 6.07) is 0. The van der Waals surface area contributed by atoms with Crippen LogP contribution in [-0.2, 0) is 0 Å². The van der Waals surface area contributed by atoms with Gasteiger partial charge in [0.2, 0.25) is 0 Å². The quantitative estimate of drug-likeness (QED) is 0.466. The maximum atomic E-state index is 9.98. The van der Waals surface area contributed by atoms with E-state index in [1.807, 2.05) is 0 Å². The number of aliphatic hydroxyl groups is 1. The lowest BCUT2D eigenvalue weighted by atomic mass is 10.1. The summed E-state index contributed by atoms with van der Waals surface area (Å²) in [5.41, 5.74) is 0. The summed E-state index contributed by atoms with van der Waals surface area (Å²) in [4.78, 5) is 2.28. The highest BCUT2D eigenvalue weighted by atomic mass is 16.3. The van der Waals surface area contributed by atoms with Gasteiger partial charge in [0.05, 0.1) is 6.10 Å². The molecule has 1 atom stereocenters. The van der Waals surface area contributed by atoms with Gasteiger partial charge in [-0.3, -0.25) is 0 Å². The molecule has 0 aliphatic carbocycles. The van der Waals surface area contributed by atoms with E-state index in [2.05, 4.69) is 25.8 Å². The molecular weight excluding hydrogens is 234 g/mol. The van der Waals surface area contributed by atoms with Gasteiger partial charge in [-0.05, 0) is 26.4 Å². The Morgan fingerprint density at radius 3 is 1.95 bits per heavy atom. The standard InChI is InChI=1S/C17H37NO/c1-4-6-8-9-10-11-12-14-17(19)16-18(3)15-13-7-5-2/h17,19H,4-16H2,1-3H3. The Hall–Kier alpha value is -0.0800. The molecule has 0 bridgehead atoms. The molecular formula is C17H37NO. The first kappa shape index (κ1) is 18.9. The van der Waals surface area contributed by atoms with Crippen molar-refractivity contribution in [3.8, 4) is 0 Å². The normalized spacial score (nSPS) is 13.1. The van der Waals surface area contributed by atoms with Gasteiger partial charge in [0.15, 0.2) is 0 Å². The lowest BCUT2D eigenvalue weighted by molar-refractivity contribution is 0.114. The zero-order valence-electron chi connectivity index (χ0n) is 13.7. The molecule has 0 spiro atoms. The monoisotopic (exact) mass is 271 g/mol. The lowest BCUT2D eigenvalue weighted by Crippen LogP contribution is -2.29. The van der Waals surface area contributed by atoms with Gasteiger partial charge in [0, 0.05) is 6.54 Å². The van der Waals surface area contributed by atoms with Crippen molar-refractivity contribution < 1.29 is 5.11 Å². The van der Waals surface area contributed by atoms with Crippen LogP contribution in [0.4, 0.5) is 0 Å². The van der Waals surface area contributed by atoms with E-state index in [4.69, 9.17) is 0 Å². The predicted octanol–water partition coefficient (Wildman–Crippen LogP) is 4.61. The molecule has 2 nitrogen and oxygen atoms in total. The first-order valence-corrected chi connectivity index (χ1v) is 8.57. The van der Waals surface area contributed by atoms with Crippen LogP contribution in [0.15, 0.2) is 0 Å². The average molecular weight is 271 g/mol. The van der Waals surface area contributed by atoms with E-state index in [-0.39, 0.29) is 6.10 Å². The molecule has 0 heterocycles.